The molecule has 0 saturated heterocycles. The molecular weight excluding hydrogens is 206 g/mol. The van der Waals surface area contributed by atoms with Crippen LogP contribution in [0.1, 0.15) is 5.56 Å². The standard InChI is InChI=1S/C9H10ClNOS/c10-9-3-1-8(2-4-9)7-11-12-5-6-13/h1-4,7,13H,5-6H2/b11-7+. The SMILES string of the molecule is SCCO/N=C/c1ccc(Cl)cc1. The van der Waals surface area contributed by atoms with E-state index in [1.165, 1.54) is 0 Å². The summed E-state index contributed by atoms with van der Waals surface area (Å²) in [6.45, 7) is 0.521. The van der Waals surface area contributed by atoms with Gasteiger partial charge in [0.25, 0.3) is 0 Å². The van der Waals surface area contributed by atoms with Gasteiger partial charge in [-0.25, -0.2) is 0 Å². The van der Waals surface area contributed by atoms with E-state index < -0.39 is 0 Å². The van der Waals surface area contributed by atoms with Crippen molar-refractivity contribution in [2.75, 3.05) is 12.4 Å². The number of halogens is 1. The quantitative estimate of drug-likeness (QED) is 0.355. The van der Waals surface area contributed by atoms with Crippen molar-refractivity contribution in [1.29, 1.82) is 0 Å². The lowest BCUT2D eigenvalue weighted by Crippen LogP contribution is -1.89. The fourth-order valence-electron chi connectivity index (χ4n) is 0.741. The van der Waals surface area contributed by atoms with Gasteiger partial charge in [0.15, 0.2) is 0 Å². The van der Waals surface area contributed by atoms with Crippen LogP contribution in [0.4, 0.5) is 0 Å². The monoisotopic (exact) mass is 215 g/mol. The number of hydrogen-bond acceptors (Lipinski definition) is 3. The van der Waals surface area contributed by atoms with Gasteiger partial charge in [-0.05, 0) is 17.7 Å². The lowest BCUT2D eigenvalue weighted by Gasteiger charge is -1.94. The van der Waals surface area contributed by atoms with E-state index in [1.807, 2.05) is 24.3 Å². The largest absolute Gasteiger partial charge is 0.395 e. The highest BCUT2D eigenvalue weighted by molar-refractivity contribution is 7.80. The van der Waals surface area contributed by atoms with Crippen molar-refractivity contribution in [2.24, 2.45) is 5.16 Å². The maximum atomic E-state index is 5.71. The van der Waals surface area contributed by atoms with E-state index in [0.29, 0.717) is 17.4 Å². The molecule has 13 heavy (non-hydrogen) atoms. The molecule has 0 unspecified atom stereocenters. The summed E-state index contributed by atoms with van der Waals surface area (Å²) >= 11 is 9.69. The lowest BCUT2D eigenvalue weighted by atomic mass is 10.2. The van der Waals surface area contributed by atoms with Crippen molar-refractivity contribution in [1.82, 2.24) is 0 Å². The average Bonchev–Trinajstić information content (AvgIpc) is 2.15. The second kappa shape index (κ2) is 5.89. The summed E-state index contributed by atoms with van der Waals surface area (Å²) in [5.74, 6) is 0.665. The Morgan fingerprint density at radius 1 is 1.38 bits per heavy atom. The normalized spacial score (nSPS) is 10.6. The maximum Gasteiger partial charge on any atom is 0.125 e. The third-order valence-electron chi connectivity index (χ3n) is 1.33. The summed E-state index contributed by atoms with van der Waals surface area (Å²) in [7, 11) is 0. The molecule has 1 aromatic rings. The number of thiol groups is 1. The third-order valence-corrected chi connectivity index (χ3v) is 1.76. The second-order valence-electron chi connectivity index (χ2n) is 2.34. The van der Waals surface area contributed by atoms with Gasteiger partial charge in [0, 0.05) is 10.8 Å². The second-order valence-corrected chi connectivity index (χ2v) is 3.23. The molecule has 0 bridgehead atoms. The van der Waals surface area contributed by atoms with Crippen LogP contribution in [0.15, 0.2) is 29.4 Å². The maximum absolute atomic E-state index is 5.71. The van der Waals surface area contributed by atoms with Gasteiger partial charge in [-0.1, -0.05) is 28.9 Å². The topological polar surface area (TPSA) is 21.6 Å². The summed E-state index contributed by atoms with van der Waals surface area (Å²) in [6.07, 6.45) is 1.64. The first-order chi connectivity index (χ1) is 6.33. The number of rotatable bonds is 4. The molecule has 1 aromatic carbocycles. The van der Waals surface area contributed by atoms with Gasteiger partial charge in [-0.15, -0.1) is 0 Å². The Bertz CT molecular complexity index is 273. The first-order valence-electron chi connectivity index (χ1n) is 3.84. The van der Waals surface area contributed by atoms with Crippen molar-refractivity contribution in [3.05, 3.63) is 34.9 Å². The Kier molecular flexibility index (Phi) is 4.72. The van der Waals surface area contributed by atoms with Crippen LogP contribution in [0.2, 0.25) is 5.02 Å². The highest BCUT2D eigenvalue weighted by Crippen LogP contribution is 2.07. The molecule has 2 nitrogen and oxygen atoms in total. The Morgan fingerprint density at radius 3 is 2.69 bits per heavy atom. The summed E-state index contributed by atoms with van der Waals surface area (Å²) in [6, 6.07) is 7.36. The molecular formula is C9H10ClNOS. The van der Waals surface area contributed by atoms with E-state index in [4.69, 9.17) is 16.4 Å². The highest BCUT2D eigenvalue weighted by atomic mass is 35.5. The van der Waals surface area contributed by atoms with Crippen molar-refractivity contribution in [2.45, 2.75) is 0 Å². The van der Waals surface area contributed by atoms with E-state index in [1.54, 1.807) is 6.21 Å². The van der Waals surface area contributed by atoms with E-state index in [0.717, 1.165) is 5.56 Å². The molecule has 4 heteroatoms. The van der Waals surface area contributed by atoms with E-state index >= 15 is 0 Å². The molecule has 0 aliphatic carbocycles. The Labute approximate surface area is 87.9 Å². The average molecular weight is 216 g/mol. The van der Waals surface area contributed by atoms with Gasteiger partial charge in [0.05, 0.1) is 6.21 Å². The first kappa shape index (κ1) is 10.4. The van der Waals surface area contributed by atoms with Crippen LogP contribution >= 0.6 is 24.2 Å². The minimum Gasteiger partial charge on any atom is -0.395 e. The predicted octanol–water partition coefficient (Wildman–Crippen LogP) is 2.62. The molecule has 0 N–H and O–H groups in total. The Hall–Kier alpha value is -0.670. The molecule has 0 aliphatic rings. The minimum absolute atomic E-state index is 0.521. The number of oxime groups is 1. The molecule has 70 valence electrons. The number of benzene rings is 1. The van der Waals surface area contributed by atoms with Crippen LogP contribution in [0, 0.1) is 0 Å². The fourth-order valence-corrected chi connectivity index (χ4v) is 0.948. The zero-order valence-electron chi connectivity index (χ0n) is 6.98. The minimum atomic E-state index is 0.521. The van der Waals surface area contributed by atoms with E-state index in [9.17, 15) is 0 Å². The van der Waals surface area contributed by atoms with Gasteiger partial charge >= 0.3 is 0 Å². The molecule has 0 amide bonds. The molecule has 0 aromatic heterocycles. The van der Waals surface area contributed by atoms with E-state index in [2.05, 4.69) is 17.8 Å². The Morgan fingerprint density at radius 2 is 2.08 bits per heavy atom. The van der Waals surface area contributed by atoms with Crippen LogP contribution in [0.3, 0.4) is 0 Å². The van der Waals surface area contributed by atoms with Gasteiger partial charge in [-0.3, -0.25) is 0 Å². The Balaban J connectivity index is 2.44. The predicted molar refractivity (Wildman–Crippen MR) is 58.9 cm³/mol. The summed E-state index contributed by atoms with van der Waals surface area (Å²) in [5.41, 5.74) is 0.962. The van der Waals surface area contributed by atoms with Crippen LogP contribution in [0.25, 0.3) is 0 Å². The summed E-state index contributed by atoms with van der Waals surface area (Å²) in [5, 5.41) is 4.46. The van der Waals surface area contributed by atoms with Crippen molar-refractivity contribution < 1.29 is 4.84 Å². The lowest BCUT2D eigenvalue weighted by molar-refractivity contribution is 0.163. The van der Waals surface area contributed by atoms with Crippen LogP contribution in [0.5, 0.6) is 0 Å². The fraction of sp³-hybridized carbons (Fsp3) is 0.222. The highest BCUT2D eigenvalue weighted by Gasteiger charge is 1.87. The molecule has 0 aliphatic heterocycles. The van der Waals surface area contributed by atoms with Crippen molar-refractivity contribution >= 4 is 30.4 Å². The van der Waals surface area contributed by atoms with Crippen molar-refractivity contribution in [3.8, 4) is 0 Å². The third kappa shape index (κ3) is 4.20. The smallest absolute Gasteiger partial charge is 0.125 e. The van der Waals surface area contributed by atoms with Gasteiger partial charge < -0.3 is 4.84 Å². The molecule has 0 spiro atoms. The van der Waals surface area contributed by atoms with Crippen LogP contribution in [-0.2, 0) is 4.84 Å². The van der Waals surface area contributed by atoms with Crippen molar-refractivity contribution in [3.63, 3.8) is 0 Å². The van der Waals surface area contributed by atoms with Crippen LogP contribution < -0.4 is 0 Å². The van der Waals surface area contributed by atoms with E-state index in [-0.39, 0.29) is 0 Å². The first-order valence-corrected chi connectivity index (χ1v) is 4.86. The summed E-state index contributed by atoms with van der Waals surface area (Å²) < 4.78 is 0. The molecule has 0 saturated carbocycles. The van der Waals surface area contributed by atoms with Gasteiger partial charge in [0.1, 0.15) is 6.61 Å². The number of hydrogen-bond donors (Lipinski definition) is 1. The zero-order chi connectivity index (χ0) is 9.52. The zero-order valence-corrected chi connectivity index (χ0v) is 8.63. The van der Waals surface area contributed by atoms with Gasteiger partial charge in [0.2, 0.25) is 0 Å². The number of nitrogens with zero attached hydrogens (tertiary/aromatic N) is 1. The van der Waals surface area contributed by atoms with Gasteiger partial charge in [-0.2, -0.15) is 12.6 Å². The summed E-state index contributed by atoms with van der Waals surface area (Å²) in [4.78, 5) is 4.88. The molecule has 0 atom stereocenters. The van der Waals surface area contributed by atoms with Crippen LogP contribution in [-0.4, -0.2) is 18.6 Å². The molecule has 1 rings (SSSR count). The molecule has 0 heterocycles. The molecule has 0 fully saturated rings. The molecule has 0 radical (unpaired) electrons.